The van der Waals surface area contributed by atoms with E-state index in [4.69, 9.17) is 4.74 Å². The second kappa shape index (κ2) is 9.22. The van der Waals surface area contributed by atoms with Crippen molar-refractivity contribution in [2.24, 2.45) is 5.10 Å². The lowest BCUT2D eigenvalue weighted by atomic mass is 10.2. The molecule has 10 nitrogen and oxygen atoms in total. The molecule has 1 heterocycles. The first kappa shape index (κ1) is 21.7. The van der Waals surface area contributed by atoms with E-state index in [1.807, 2.05) is 0 Å². The highest BCUT2D eigenvalue weighted by Gasteiger charge is 2.21. The summed E-state index contributed by atoms with van der Waals surface area (Å²) in [6.45, 7) is 1.69. The topological polar surface area (TPSA) is 136 Å². The number of nitrogens with one attached hydrogen (secondary N) is 2. The minimum atomic E-state index is -4.05. The molecule has 1 aromatic heterocycles. The number of pyridine rings is 1. The van der Waals surface area contributed by atoms with Gasteiger partial charge in [0.1, 0.15) is 11.4 Å². The lowest BCUT2D eigenvalue weighted by Crippen LogP contribution is -2.13. The fourth-order valence-electron chi connectivity index (χ4n) is 2.58. The number of aromatic nitrogens is 1. The average molecular weight is 441 g/mol. The number of nitro groups is 1. The zero-order valence-electron chi connectivity index (χ0n) is 16.6. The Morgan fingerprint density at radius 2 is 1.87 bits per heavy atom. The Morgan fingerprint density at radius 1 is 1.13 bits per heavy atom. The van der Waals surface area contributed by atoms with Crippen molar-refractivity contribution < 1.29 is 18.1 Å². The van der Waals surface area contributed by atoms with E-state index in [0.717, 1.165) is 6.07 Å². The molecule has 0 fully saturated rings. The summed E-state index contributed by atoms with van der Waals surface area (Å²) in [5.74, 6) is 0.565. The summed E-state index contributed by atoms with van der Waals surface area (Å²) in [5.41, 5.74) is 3.62. The third-order valence-corrected chi connectivity index (χ3v) is 5.58. The van der Waals surface area contributed by atoms with Crippen molar-refractivity contribution in [1.29, 1.82) is 0 Å². The number of nitrogens with zero attached hydrogens (tertiary/aromatic N) is 3. The van der Waals surface area contributed by atoms with E-state index >= 15 is 0 Å². The van der Waals surface area contributed by atoms with Gasteiger partial charge in [0.25, 0.3) is 15.7 Å². The van der Waals surface area contributed by atoms with Crippen LogP contribution < -0.4 is 14.9 Å². The second-order valence-electron chi connectivity index (χ2n) is 6.29. The summed E-state index contributed by atoms with van der Waals surface area (Å²) in [7, 11) is -2.55. The van der Waals surface area contributed by atoms with Crippen molar-refractivity contribution in [1.82, 2.24) is 4.98 Å². The molecular weight excluding hydrogens is 422 g/mol. The third-order valence-electron chi connectivity index (χ3n) is 4.20. The van der Waals surface area contributed by atoms with Gasteiger partial charge in [0.2, 0.25) is 0 Å². The Balaban J connectivity index is 1.86. The molecule has 0 spiro atoms. The summed E-state index contributed by atoms with van der Waals surface area (Å²) in [6, 6.07) is 15.0. The zero-order chi connectivity index (χ0) is 22.4. The number of anilines is 2. The fraction of sp³-hybridized carbons (Fsp3) is 0.100. The van der Waals surface area contributed by atoms with Gasteiger partial charge in [-0.2, -0.15) is 5.10 Å². The van der Waals surface area contributed by atoms with Crippen LogP contribution in [-0.2, 0) is 10.0 Å². The normalized spacial score (nSPS) is 11.6. The van der Waals surface area contributed by atoms with Gasteiger partial charge in [-0.1, -0.05) is 6.07 Å². The van der Waals surface area contributed by atoms with Crippen molar-refractivity contribution in [2.75, 3.05) is 17.3 Å². The van der Waals surface area contributed by atoms with Crippen LogP contribution >= 0.6 is 0 Å². The smallest absolute Gasteiger partial charge is 0.295 e. The van der Waals surface area contributed by atoms with Gasteiger partial charge >= 0.3 is 0 Å². The maximum atomic E-state index is 12.7. The van der Waals surface area contributed by atoms with Gasteiger partial charge < -0.3 is 4.74 Å². The quantitative estimate of drug-likeness (QED) is 0.309. The first-order valence-electron chi connectivity index (χ1n) is 8.97. The molecule has 2 aromatic carbocycles. The number of sulfonamides is 1. The molecule has 0 saturated heterocycles. The second-order valence-corrected chi connectivity index (χ2v) is 7.98. The minimum absolute atomic E-state index is 0.0451. The van der Waals surface area contributed by atoms with Crippen LogP contribution in [0.2, 0.25) is 0 Å². The Kier molecular flexibility index (Phi) is 6.46. The number of ether oxygens (including phenoxy) is 1. The SMILES string of the molecule is COc1ccc(NS(=O)(=O)c2ccc(N/N=C(\C)c3ccccn3)c([N+](=O)[O-])c2)cc1. The molecule has 3 rings (SSSR count). The van der Waals surface area contributed by atoms with Crippen LogP contribution in [0.3, 0.4) is 0 Å². The molecule has 0 unspecified atom stereocenters. The van der Waals surface area contributed by atoms with Crippen molar-refractivity contribution in [3.63, 3.8) is 0 Å². The largest absolute Gasteiger partial charge is 0.497 e. The highest BCUT2D eigenvalue weighted by atomic mass is 32.2. The van der Waals surface area contributed by atoms with E-state index in [1.54, 1.807) is 43.5 Å². The monoisotopic (exact) mass is 441 g/mol. The molecule has 0 atom stereocenters. The molecule has 0 aliphatic carbocycles. The summed E-state index contributed by atoms with van der Waals surface area (Å²) >= 11 is 0. The summed E-state index contributed by atoms with van der Waals surface area (Å²) < 4.78 is 32.8. The summed E-state index contributed by atoms with van der Waals surface area (Å²) in [6.07, 6.45) is 1.60. The Bertz CT molecular complexity index is 1210. The van der Waals surface area contributed by atoms with Crippen molar-refractivity contribution in [3.05, 3.63) is 82.7 Å². The number of hydrazone groups is 1. The van der Waals surface area contributed by atoms with Crippen molar-refractivity contribution >= 4 is 32.8 Å². The van der Waals surface area contributed by atoms with Crippen LogP contribution in [0.25, 0.3) is 0 Å². The first-order valence-corrected chi connectivity index (χ1v) is 10.5. The Labute approximate surface area is 178 Å². The van der Waals surface area contributed by atoms with E-state index in [9.17, 15) is 18.5 Å². The van der Waals surface area contributed by atoms with Crippen molar-refractivity contribution in [3.8, 4) is 5.75 Å². The maximum Gasteiger partial charge on any atom is 0.295 e. The molecule has 11 heteroatoms. The van der Waals surface area contributed by atoms with E-state index < -0.39 is 20.6 Å². The van der Waals surface area contributed by atoms with Gasteiger partial charge in [0.05, 0.1) is 28.3 Å². The van der Waals surface area contributed by atoms with Crippen LogP contribution in [0.5, 0.6) is 5.75 Å². The lowest BCUT2D eigenvalue weighted by Gasteiger charge is -2.10. The van der Waals surface area contributed by atoms with Gasteiger partial charge in [-0.3, -0.25) is 25.2 Å². The number of rotatable bonds is 8. The third kappa shape index (κ3) is 5.34. The summed E-state index contributed by atoms with van der Waals surface area (Å²) in [5, 5.41) is 15.6. The van der Waals surface area contributed by atoms with Crippen LogP contribution in [0.1, 0.15) is 12.6 Å². The van der Waals surface area contributed by atoms with Gasteiger partial charge in [0, 0.05) is 18.0 Å². The van der Waals surface area contributed by atoms with Gasteiger partial charge in [0.15, 0.2) is 0 Å². The summed E-state index contributed by atoms with van der Waals surface area (Å²) in [4.78, 5) is 14.7. The molecule has 0 saturated carbocycles. The van der Waals surface area contributed by atoms with Gasteiger partial charge in [-0.05, 0) is 55.5 Å². The molecule has 0 aliphatic rings. The van der Waals surface area contributed by atoms with Crippen LogP contribution in [0, 0.1) is 10.1 Å². The number of benzene rings is 2. The number of nitro benzene ring substituents is 1. The van der Waals surface area contributed by atoms with Crippen molar-refractivity contribution in [2.45, 2.75) is 11.8 Å². The fourth-order valence-corrected chi connectivity index (χ4v) is 3.65. The molecule has 0 aliphatic heterocycles. The van der Waals surface area contributed by atoms with Gasteiger partial charge in [-0.25, -0.2) is 8.42 Å². The van der Waals surface area contributed by atoms with Crippen LogP contribution in [0.4, 0.5) is 17.1 Å². The molecule has 0 bridgehead atoms. The molecule has 0 amide bonds. The zero-order valence-corrected chi connectivity index (χ0v) is 17.5. The van der Waals surface area contributed by atoms with E-state index in [-0.39, 0.29) is 10.6 Å². The Hall–Kier alpha value is -3.99. The average Bonchev–Trinajstić information content (AvgIpc) is 2.78. The van der Waals surface area contributed by atoms with E-state index in [1.165, 1.54) is 31.4 Å². The van der Waals surface area contributed by atoms with Crippen LogP contribution in [0.15, 0.2) is 76.9 Å². The predicted molar refractivity (Wildman–Crippen MR) is 117 cm³/mol. The number of methoxy groups -OCH3 is 1. The molecule has 31 heavy (non-hydrogen) atoms. The minimum Gasteiger partial charge on any atom is -0.497 e. The molecular formula is C20H19N5O5S. The molecule has 0 radical (unpaired) electrons. The van der Waals surface area contributed by atoms with E-state index in [0.29, 0.717) is 22.8 Å². The molecule has 3 aromatic rings. The molecule has 160 valence electrons. The van der Waals surface area contributed by atoms with Crippen LogP contribution in [-0.4, -0.2) is 31.1 Å². The number of hydrogen-bond donors (Lipinski definition) is 2. The first-order chi connectivity index (χ1) is 14.8. The predicted octanol–water partition coefficient (Wildman–Crippen LogP) is 3.64. The molecule has 2 N–H and O–H groups in total. The standard InChI is InChI=1S/C20H19N5O5S/c1-14(18-5-3-4-12-21-18)22-23-19-11-10-17(13-20(19)25(26)27)31(28,29)24-15-6-8-16(30-2)9-7-15/h3-13,23-24H,1-2H3/b22-14+. The van der Waals surface area contributed by atoms with E-state index in [2.05, 4.69) is 20.2 Å². The Morgan fingerprint density at radius 3 is 2.48 bits per heavy atom. The highest BCUT2D eigenvalue weighted by molar-refractivity contribution is 7.92. The maximum absolute atomic E-state index is 12.7. The highest BCUT2D eigenvalue weighted by Crippen LogP contribution is 2.29. The number of hydrogen-bond acceptors (Lipinski definition) is 8. The van der Waals surface area contributed by atoms with Gasteiger partial charge in [-0.15, -0.1) is 0 Å². The lowest BCUT2D eigenvalue weighted by molar-refractivity contribution is -0.384.